The Morgan fingerprint density at radius 3 is 1.64 bits per heavy atom. The molecule has 162 valence electrons. The van der Waals surface area contributed by atoms with Crippen LogP contribution in [0.2, 0.25) is 0 Å². The third-order valence-corrected chi connectivity index (χ3v) is 5.02. The molecule has 0 saturated carbocycles. The van der Waals surface area contributed by atoms with E-state index < -0.39 is 0 Å². The lowest BCUT2D eigenvalue weighted by atomic mass is 10.0. The lowest BCUT2D eigenvalue weighted by Crippen LogP contribution is -2.13. The van der Waals surface area contributed by atoms with E-state index in [9.17, 15) is 14.4 Å². The van der Waals surface area contributed by atoms with Crippen LogP contribution in [0.15, 0.2) is 97.2 Å². The van der Waals surface area contributed by atoms with Gasteiger partial charge >= 0.3 is 0 Å². The van der Waals surface area contributed by atoms with Gasteiger partial charge in [-0.3, -0.25) is 19.4 Å². The van der Waals surface area contributed by atoms with Gasteiger partial charge in [-0.25, -0.2) is 0 Å². The largest absolute Gasteiger partial charge is 0.322 e. The van der Waals surface area contributed by atoms with E-state index in [-0.39, 0.29) is 17.6 Å². The number of ketones is 1. The Morgan fingerprint density at radius 1 is 0.606 bits per heavy atom. The highest BCUT2D eigenvalue weighted by Crippen LogP contribution is 2.17. The maximum Gasteiger partial charge on any atom is 0.274 e. The van der Waals surface area contributed by atoms with Gasteiger partial charge in [0.2, 0.25) is 0 Å². The minimum Gasteiger partial charge on any atom is -0.322 e. The van der Waals surface area contributed by atoms with Crippen LogP contribution in [0.4, 0.5) is 11.4 Å². The van der Waals surface area contributed by atoms with Crippen LogP contribution in [0.25, 0.3) is 0 Å². The summed E-state index contributed by atoms with van der Waals surface area (Å²) in [6, 6.07) is 25.8. The third-order valence-electron chi connectivity index (χ3n) is 5.02. The number of hydrogen-bond acceptors (Lipinski definition) is 4. The molecule has 2 N–H and O–H groups in total. The molecule has 6 heteroatoms. The van der Waals surface area contributed by atoms with Crippen molar-refractivity contribution in [3.8, 4) is 0 Å². The maximum absolute atomic E-state index is 12.8. The lowest BCUT2D eigenvalue weighted by molar-refractivity contribution is 0.101. The molecule has 6 nitrogen and oxygen atoms in total. The van der Waals surface area contributed by atoms with Gasteiger partial charge in [-0.05, 0) is 79.7 Å². The molecular weight excluding hydrogens is 414 g/mol. The minimum atomic E-state index is -0.321. The van der Waals surface area contributed by atoms with E-state index in [4.69, 9.17) is 0 Å². The summed E-state index contributed by atoms with van der Waals surface area (Å²) < 4.78 is 0. The quantitative estimate of drug-likeness (QED) is 0.411. The summed E-state index contributed by atoms with van der Waals surface area (Å²) >= 11 is 0. The van der Waals surface area contributed by atoms with Crippen molar-refractivity contribution in [1.29, 1.82) is 0 Å². The fourth-order valence-electron chi connectivity index (χ4n) is 3.18. The van der Waals surface area contributed by atoms with Crippen LogP contribution in [-0.4, -0.2) is 22.6 Å². The summed E-state index contributed by atoms with van der Waals surface area (Å²) in [6.07, 6.45) is 1.55. The lowest BCUT2D eigenvalue weighted by Gasteiger charge is -2.08. The fourth-order valence-corrected chi connectivity index (χ4v) is 3.18. The number of aryl methyl sites for hydroxylation is 1. The topological polar surface area (TPSA) is 88.2 Å². The number of carbonyl (C=O) groups excluding carboxylic acids is 3. The Bertz CT molecular complexity index is 1280. The first-order valence-electron chi connectivity index (χ1n) is 10.3. The Hall–Kier alpha value is -4.58. The van der Waals surface area contributed by atoms with Crippen LogP contribution >= 0.6 is 0 Å². The highest BCUT2D eigenvalue weighted by atomic mass is 16.2. The van der Waals surface area contributed by atoms with Crippen molar-refractivity contribution in [3.05, 3.63) is 125 Å². The van der Waals surface area contributed by atoms with E-state index in [1.54, 1.807) is 85.1 Å². The van der Waals surface area contributed by atoms with Gasteiger partial charge in [0.1, 0.15) is 5.69 Å². The predicted molar refractivity (Wildman–Crippen MR) is 128 cm³/mol. The van der Waals surface area contributed by atoms with Crippen LogP contribution < -0.4 is 10.6 Å². The minimum absolute atomic E-state index is 0.158. The number of nitrogens with zero attached hydrogens (tertiary/aromatic N) is 1. The average Bonchev–Trinajstić information content (AvgIpc) is 2.85. The van der Waals surface area contributed by atoms with Crippen molar-refractivity contribution in [1.82, 2.24) is 4.98 Å². The first kappa shape index (κ1) is 21.6. The van der Waals surface area contributed by atoms with Gasteiger partial charge in [-0.1, -0.05) is 23.8 Å². The molecule has 0 atom stereocenters. The SMILES string of the molecule is Cc1ccc(C(=O)Nc2ccc(C(=O)c3ccc(NC(=O)c4ccccn4)cc3)cc2)cc1. The fraction of sp³-hybridized carbons (Fsp3) is 0.0370. The molecule has 0 aliphatic heterocycles. The van der Waals surface area contributed by atoms with E-state index in [1.807, 2.05) is 19.1 Å². The molecule has 3 aromatic carbocycles. The zero-order valence-electron chi connectivity index (χ0n) is 17.9. The van der Waals surface area contributed by atoms with Crippen molar-refractivity contribution in [2.24, 2.45) is 0 Å². The van der Waals surface area contributed by atoms with E-state index in [1.165, 1.54) is 0 Å². The third kappa shape index (κ3) is 5.37. The summed E-state index contributed by atoms with van der Waals surface area (Å²) in [5, 5.41) is 5.58. The molecule has 0 aliphatic rings. The van der Waals surface area contributed by atoms with Gasteiger partial charge in [0, 0.05) is 34.3 Å². The van der Waals surface area contributed by atoms with Crippen molar-refractivity contribution in [2.75, 3.05) is 10.6 Å². The van der Waals surface area contributed by atoms with E-state index >= 15 is 0 Å². The molecular formula is C27H21N3O3. The van der Waals surface area contributed by atoms with Crippen molar-refractivity contribution >= 4 is 29.0 Å². The Morgan fingerprint density at radius 2 is 1.12 bits per heavy atom. The van der Waals surface area contributed by atoms with Gasteiger partial charge in [0.15, 0.2) is 5.78 Å². The van der Waals surface area contributed by atoms with E-state index in [0.29, 0.717) is 33.8 Å². The van der Waals surface area contributed by atoms with Gasteiger partial charge in [0.25, 0.3) is 11.8 Å². The van der Waals surface area contributed by atoms with Gasteiger partial charge in [-0.15, -0.1) is 0 Å². The van der Waals surface area contributed by atoms with Gasteiger partial charge in [-0.2, -0.15) is 0 Å². The molecule has 0 radical (unpaired) electrons. The Kier molecular flexibility index (Phi) is 6.36. The number of anilines is 2. The first-order valence-corrected chi connectivity index (χ1v) is 10.3. The second kappa shape index (κ2) is 9.70. The summed E-state index contributed by atoms with van der Waals surface area (Å²) in [5.41, 5.74) is 4.11. The summed E-state index contributed by atoms with van der Waals surface area (Å²) in [6.45, 7) is 1.96. The maximum atomic E-state index is 12.8. The Labute approximate surface area is 191 Å². The van der Waals surface area contributed by atoms with Crippen LogP contribution in [0.1, 0.15) is 42.3 Å². The predicted octanol–water partition coefficient (Wildman–Crippen LogP) is 5.13. The normalized spacial score (nSPS) is 10.3. The van der Waals surface area contributed by atoms with Crippen LogP contribution in [0.3, 0.4) is 0 Å². The summed E-state index contributed by atoms with van der Waals surface area (Å²) in [5.74, 6) is -0.690. The monoisotopic (exact) mass is 435 g/mol. The zero-order chi connectivity index (χ0) is 23.2. The molecule has 0 saturated heterocycles. The number of rotatable bonds is 6. The van der Waals surface area contributed by atoms with E-state index in [0.717, 1.165) is 5.56 Å². The van der Waals surface area contributed by atoms with Crippen molar-refractivity contribution in [2.45, 2.75) is 6.92 Å². The first-order chi connectivity index (χ1) is 16.0. The number of hydrogen-bond donors (Lipinski definition) is 2. The second-order valence-corrected chi connectivity index (χ2v) is 7.47. The highest BCUT2D eigenvalue weighted by molar-refractivity contribution is 6.10. The number of nitrogens with one attached hydrogen (secondary N) is 2. The summed E-state index contributed by atoms with van der Waals surface area (Å²) in [7, 11) is 0. The van der Waals surface area contributed by atoms with Crippen LogP contribution in [-0.2, 0) is 0 Å². The van der Waals surface area contributed by atoms with E-state index in [2.05, 4.69) is 15.6 Å². The average molecular weight is 435 g/mol. The molecule has 0 aliphatic carbocycles. The molecule has 0 unspecified atom stereocenters. The second-order valence-electron chi connectivity index (χ2n) is 7.47. The zero-order valence-corrected chi connectivity index (χ0v) is 17.9. The molecule has 4 aromatic rings. The molecule has 4 rings (SSSR count). The van der Waals surface area contributed by atoms with Gasteiger partial charge in [0.05, 0.1) is 0 Å². The molecule has 0 fully saturated rings. The van der Waals surface area contributed by atoms with Gasteiger partial charge < -0.3 is 10.6 Å². The van der Waals surface area contributed by atoms with Crippen molar-refractivity contribution in [3.63, 3.8) is 0 Å². The number of aromatic nitrogens is 1. The smallest absolute Gasteiger partial charge is 0.274 e. The Balaban J connectivity index is 1.39. The van der Waals surface area contributed by atoms with Crippen molar-refractivity contribution < 1.29 is 14.4 Å². The summed E-state index contributed by atoms with van der Waals surface area (Å²) in [4.78, 5) is 41.4. The van der Waals surface area contributed by atoms with Crippen LogP contribution in [0, 0.1) is 6.92 Å². The number of amides is 2. The highest BCUT2D eigenvalue weighted by Gasteiger charge is 2.12. The molecule has 33 heavy (non-hydrogen) atoms. The standard InChI is InChI=1S/C27H21N3O3/c1-18-5-7-21(8-6-18)26(32)29-22-13-9-19(10-14-22)25(31)20-11-15-23(16-12-20)30-27(33)24-4-2-3-17-28-24/h2-17H,1H3,(H,29,32)(H,30,33). The van der Waals surface area contributed by atoms with Crippen LogP contribution in [0.5, 0.6) is 0 Å². The molecule has 1 heterocycles. The number of pyridine rings is 1. The molecule has 1 aromatic heterocycles. The molecule has 0 spiro atoms. The number of benzene rings is 3. The number of carbonyl (C=O) groups is 3. The molecule has 0 bridgehead atoms. The molecule has 2 amide bonds.